The standard InChI is InChI=1S/C9H8ClN3O/c10-9-6-3-5(14)1-2-7(6)12-8(4-11)13-9/h1-3,14H,4,11H2. The predicted molar refractivity (Wildman–Crippen MR) is 54.1 cm³/mol. The summed E-state index contributed by atoms with van der Waals surface area (Å²) in [6.07, 6.45) is 0. The van der Waals surface area contributed by atoms with Gasteiger partial charge in [-0.3, -0.25) is 0 Å². The summed E-state index contributed by atoms with van der Waals surface area (Å²) < 4.78 is 0. The molecule has 0 amide bonds. The topological polar surface area (TPSA) is 72.0 Å². The van der Waals surface area contributed by atoms with E-state index in [1.54, 1.807) is 12.1 Å². The fraction of sp³-hybridized carbons (Fsp3) is 0.111. The highest BCUT2D eigenvalue weighted by Gasteiger charge is 2.05. The van der Waals surface area contributed by atoms with Crippen LogP contribution in [-0.2, 0) is 6.54 Å². The molecule has 1 aromatic carbocycles. The minimum atomic E-state index is 0.142. The first-order valence-corrected chi connectivity index (χ1v) is 4.43. The zero-order valence-electron chi connectivity index (χ0n) is 7.24. The zero-order valence-corrected chi connectivity index (χ0v) is 7.99. The van der Waals surface area contributed by atoms with Crippen molar-refractivity contribution in [2.75, 3.05) is 0 Å². The molecular formula is C9H8ClN3O. The van der Waals surface area contributed by atoms with Crippen molar-refractivity contribution in [1.29, 1.82) is 0 Å². The minimum Gasteiger partial charge on any atom is -0.508 e. The lowest BCUT2D eigenvalue weighted by Crippen LogP contribution is -2.03. The number of phenolic OH excluding ortho intramolecular Hbond substituents is 1. The van der Waals surface area contributed by atoms with E-state index in [2.05, 4.69) is 9.97 Å². The van der Waals surface area contributed by atoms with Crippen molar-refractivity contribution in [1.82, 2.24) is 9.97 Å². The molecule has 3 N–H and O–H groups in total. The average Bonchev–Trinajstić information content (AvgIpc) is 2.19. The Hall–Kier alpha value is -1.39. The van der Waals surface area contributed by atoms with Crippen LogP contribution in [0.15, 0.2) is 18.2 Å². The number of aromatic nitrogens is 2. The van der Waals surface area contributed by atoms with Gasteiger partial charge in [-0.05, 0) is 18.2 Å². The molecule has 0 fully saturated rings. The van der Waals surface area contributed by atoms with Crippen LogP contribution >= 0.6 is 11.6 Å². The molecule has 0 saturated heterocycles. The number of aromatic hydroxyl groups is 1. The Morgan fingerprint density at radius 1 is 1.36 bits per heavy atom. The van der Waals surface area contributed by atoms with Crippen LogP contribution in [0.1, 0.15) is 5.82 Å². The number of halogens is 1. The fourth-order valence-corrected chi connectivity index (χ4v) is 1.46. The zero-order chi connectivity index (χ0) is 10.1. The summed E-state index contributed by atoms with van der Waals surface area (Å²) in [5, 5.41) is 10.2. The maximum absolute atomic E-state index is 9.24. The highest BCUT2D eigenvalue weighted by molar-refractivity contribution is 6.34. The molecule has 4 nitrogen and oxygen atoms in total. The molecule has 0 atom stereocenters. The number of nitrogens with two attached hydrogens (primary N) is 1. The Morgan fingerprint density at radius 2 is 2.14 bits per heavy atom. The predicted octanol–water partition coefficient (Wildman–Crippen LogP) is 1.45. The molecule has 14 heavy (non-hydrogen) atoms. The third kappa shape index (κ3) is 1.49. The molecule has 0 saturated carbocycles. The summed E-state index contributed by atoms with van der Waals surface area (Å²) in [4.78, 5) is 8.14. The molecule has 0 bridgehead atoms. The van der Waals surface area contributed by atoms with Crippen LogP contribution in [0.5, 0.6) is 5.75 Å². The number of fused-ring (bicyclic) bond motifs is 1. The molecule has 0 radical (unpaired) electrons. The lowest BCUT2D eigenvalue weighted by atomic mass is 10.2. The summed E-state index contributed by atoms with van der Waals surface area (Å²) >= 11 is 5.90. The third-order valence-corrected chi connectivity index (χ3v) is 2.15. The second-order valence-corrected chi connectivity index (χ2v) is 3.19. The van der Waals surface area contributed by atoms with Gasteiger partial charge in [0.15, 0.2) is 0 Å². The van der Waals surface area contributed by atoms with Gasteiger partial charge in [0, 0.05) is 5.39 Å². The first kappa shape index (κ1) is 9.18. The Kier molecular flexibility index (Phi) is 2.23. The second-order valence-electron chi connectivity index (χ2n) is 2.84. The largest absolute Gasteiger partial charge is 0.508 e. The quantitative estimate of drug-likeness (QED) is 0.698. The second kappa shape index (κ2) is 3.40. The monoisotopic (exact) mass is 209 g/mol. The molecule has 72 valence electrons. The summed E-state index contributed by atoms with van der Waals surface area (Å²) in [5.74, 6) is 0.636. The van der Waals surface area contributed by atoms with Gasteiger partial charge in [0.05, 0.1) is 12.1 Å². The van der Waals surface area contributed by atoms with Gasteiger partial charge < -0.3 is 10.8 Å². The molecule has 5 heteroatoms. The molecule has 0 unspecified atom stereocenters. The fourth-order valence-electron chi connectivity index (χ4n) is 1.22. The molecule has 0 aliphatic rings. The van der Waals surface area contributed by atoms with Crippen molar-refractivity contribution in [3.05, 3.63) is 29.2 Å². The minimum absolute atomic E-state index is 0.142. The smallest absolute Gasteiger partial charge is 0.144 e. The number of hydrogen-bond donors (Lipinski definition) is 2. The van der Waals surface area contributed by atoms with Gasteiger partial charge in [0.2, 0.25) is 0 Å². The van der Waals surface area contributed by atoms with Crippen LogP contribution in [0.3, 0.4) is 0 Å². The van der Waals surface area contributed by atoms with E-state index in [9.17, 15) is 5.11 Å². The van der Waals surface area contributed by atoms with Crippen LogP contribution in [0.4, 0.5) is 0 Å². The lowest BCUT2D eigenvalue weighted by Gasteiger charge is -2.02. The number of hydrogen-bond acceptors (Lipinski definition) is 4. The molecule has 0 spiro atoms. The Labute approximate surface area is 85.4 Å². The van der Waals surface area contributed by atoms with Gasteiger partial charge in [0.25, 0.3) is 0 Å². The molecule has 2 rings (SSSR count). The van der Waals surface area contributed by atoms with Crippen molar-refractivity contribution in [3.8, 4) is 5.75 Å². The number of phenols is 1. The first-order valence-electron chi connectivity index (χ1n) is 4.06. The van der Waals surface area contributed by atoms with Crippen LogP contribution in [0, 0.1) is 0 Å². The van der Waals surface area contributed by atoms with E-state index in [-0.39, 0.29) is 12.3 Å². The maximum Gasteiger partial charge on any atom is 0.144 e. The SMILES string of the molecule is NCc1nc(Cl)c2cc(O)ccc2n1. The highest BCUT2D eigenvalue weighted by atomic mass is 35.5. The van der Waals surface area contributed by atoms with Gasteiger partial charge in [-0.15, -0.1) is 0 Å². The van der Waals surface area contributed by atoms with Crippen molar-refractivity contribution < 1.29 is 5.11 Å². The van der Waals surface area contributed by atoms with Crippen molar-refractivity contribution >= 4 is 22.5 Å². The van der Waals surface area contributed by atoms with E-state index in [0.29, 0.717) is 21.9 Å². The van der Waals surface area contributed by atoms with Crippen LogP contribution in [0.25, 0.3) is 10.9 Å². The van der Waals surface area contributed by atoms with Crippen molar-refractivity contribution in [2.45, 2.75) is 6.54 Å². The summed E-state index contributed by atoms with van der Waals surface area (Å²) in [7, 11) is 0. The summed E-state index contributed by atoms with van der Waals surface area (Å²) in [6.45, 7) is 0.247. The van der Waals surface area contributed by atoms with E-state index in [1.165, 1.54) is 6.07 Å². The van der Waals surface area contributed by atoms with Gasteiger partial charge >= 0.3 is 0 Å². The van der Waals surface area contributed by atoms with Gasteiger partial charge in [0.1, 0.15) is 16.7 Å². The van der Waals surface area contributed by atoms with E-state index >= 15 is 0 Å². The molecule has 1 heterocycles. The normalized spacial score (nSPS) is 10.7. The summed E-state index contributed by atoms with van der Waals surface area (Å²) in [5.41, 5.74) is 6.09. The van der Waals surface area contributed by atoms with Crippen molar-refractivity contribution in [3.63, 3.8) is 0 Å². The first-order chi connectivity index (χ1) is 6.70. The maximum atomic E-state index is 9.24. The molecule has 2 aromatic rings. The molecule has 0 aliphatic heterocycles. The van der Waals surface area contributed by atoms with Crippen LogP contribution < -0.4 is 5.73 Å². The number of benzene rings is 1. The van der Waals surface area contributed by atoms with Crippen molar-refractivity contribution in [2.24, 2.45) is 5.73 Å². The highest BCUT2D eigenvalue weighted by Crippen LogP contribution is 2.24. The Morgan fingerprint density at radius 3 is 2.86 bits per heavy atom. The number of nitrogens with zero attached hydrogens (tertiary/aromatic N) is 2. The van der Waals surface area contributed by atoms with Crippen LogP contribution in [0.2, 0.25) is 5.15 Å². The van der Waals surface area contributed by atoms with E-state index in [0.717, 1.165) is 0 Å². The average molecular weight is 210 g/mol. The molecule has 1 aromatic heterocycles. The van der Waals surface area contributed by atoms with Gasteiger partial charge in [-0.1, -0.05) is 11.6 Å². The third-order valence-electron chi connectivity index (χ3n) is 1.86. The summed E-state index contributed by atoms with van der Waals surface area (Å²) in [6, 6.07) is 4.75. The van der Waals surface area contributed by atoms with Gasteiger partial charge in [-0.2, -0.15) is 0 Å². The van der Waals surface area contributed by atoms with Gasteiger partial charge in [-0.25, -0.2) is 9.97 Å². The lowest BCUT2D eigenvalue weighted by molar-refractivity contribution is 0.476. The Balaban J connectivity index is 2.76. The van der Waals surface area contributed by atoms with E-state index in [1.807, 2.05) is 0 Å². The van der Waals surface area contributed by atoms with E-state index in [4.69, 9.17) is 17.3 Å². The molecular weight excluding hydrogens is 202 g/mol. The Bertz CT molecular complexity index is 487. The van der Waals surface area contributed by atoms with E-state index < -0.39 is 0 Å². The number of rotatable bonds is 1. The molecule has 0 aliphatic carbocycles. The van der Waals surface area contributed by atoms with Crippen LogP contribution in [-0.4, -0.2) is 15.1 Å².